The van der Waals surface area contributed by atoms with Crippen LogP contribution in [0.3, 0.4) is 0 Å². The van der Waals surface area contributed by atoms with E-state index in [9.17, 15) is 0 Å². The number of hydrogen-bond donors (Lipinski definition) is 0. The van der Waals surface area contributed by atoms with Crippen LogP contribution in [0.2, 0.25) is 0 Å². The van der Waals surface area contributed by atoms with E-state index in [-0.39, 0.29) is 0 Å². The summed E-state index contributed by atoms with van der Waals surface area (Å²) in [5, 5.41) is 4.82. The summed E-state index contributed by atoms with van der Waals surface area (Å²) in [6.07, 6.45) is 0. The summed E-state index contributed by atoms with van der Waals surface area (Å²) in [5.74, 6) is 0. The number of hydrogen-bond acceptors (Lipinski definition) is 2. The molecule has 1 heterocycles. The lowest BCUT2D eigenvalue weighted by Gasteiger charge is -2.22. The summed E-state index contributed by atoms with van der Waals surface area (Å²) in [7, 11) is 0. The first kappa shape index (κ1) is 12.2. The minimum atomic E-state index is 0.998. The quantitative estimate of drug-likeness (QED) is 0.342. The largest absolute Gasteiger partial charge is 0.243 e. The Morgan fingerprint density at radius 1 is 0.417 bits per heavy atom. The van der Waals surface area contributed by atoms with Crippen molar-refractivity contribution in [1.29, 1.82) is 0 Å². The van der Waals surface area contributed by atoms with Crippen molar-refractivity contribution in [1.82, 2.24) is 9.97 Å². The molecule has 5 aromatic rings. The Kier molecular flexibility index (Phi) is 2.12. The van der Waals surface area contributed by atoms with Crippen LogP contribution in [0.1, 0.15) is 0 Å². The number of fused-ring (bicyclic) bond motifs is 10. The van der Waals surface area contributed by atoms with Gasteiger partial charge in [0.25, 0.3) is 0 Å². The third kappa shape index (κ3) is 1.36. The van der Waals surface area contributed by atoms with Crippen LogP contribution in [-0.4, -0.2) is 9.97 Å². The van der Waals surface area contributed by atoms with Gasteiger partial charge in [-0.05, 0) is 10.8 Å². The highest BCUT2D eigenvalue weighted by Crippen LogP contribution is 2.46. The fraction of sp³-hybridized carbons (Fsp3) is 0. The van der Waals surface area contributed by atoms with Crippen molar-refractivity contribution in [2.45, 2.75) is 0 Å². The van der Waals surface area contributed by atoms with E-state index >= 15 is 0 Å². The zero-order valence-electron chi connectivity index (χ0n) is 12.8. The van der Waals surface area contributed by atoms with Crippen LogP contribution >= 0.6 is 0 Å². The van der Waals surface area contributed by atoms with Gasteiger partial charge in [0, 0.05) is 21.9 Å². The molecule has 1 aliphatic rings. The monoisotopic (exact) mass is 304 g/mol. The molecule has 0 fully saturated rings. The first-order valence-corrected chi connectivity index (χ1v) is 8.13. The average Bonchev–Trinajstić information content (AvgIpc) is 2.66. The number of benzene rings is 4. The predicted octanol–water partition coefficient (Wildman–Crippen LogP) is 5.58. The van der Waals surface area contributed by atoms with E-state index < -0.39 is 0 Å². The molecule has 24 heavy (non-hydrogen) atoms. The van der Waals surface area contributed by atoms with Gasteiger partial charge >= 0.3 is 0 Å². The minimum Gasteiger partial charge on any atom is -0.243 e. The molecule has 0 atom stereocenters. The van der Waals surface area contributed by atoms with Gasteiger partial charge in [-0.25, -0.2) is 9.97 Å². The molecular formula is C22H12N2. The van der Waals surface area contributed by atoms with Gasteiger partial charge in [-0.1, -0.05) is 72.8 Å². The summed E-state index contributed by atoms with van der Waals surface area (Å²) in [4.78, 5) is 10.0. The molecule has 0 saturated heterocycles. The van der Waals surface area contributed by atoms with Gasteiger partial charge in [-0.3, -0.25) is 0 Å². The summed E-state index contributed by atoms with van der Waals surface area (Å²) in [6.45, 7) is 0. The SMILES string of the molecule is c1ccc2c(c1)-c1nc3c4ccccc4c4ccccc4c3nc1-2. The summed E-state index contributed by atoms with van der Waals surface area (Å²) < 4.78 is 0. The number of nitrogens with zero attached hydrogens (tertiary/aromatic N) is 2. The molecule has 2 nitrogen and oxygen atoms in total. The second-order valence-corrected chi connectivity index (χ2v) is 6.25. The van der Waals surface area contributed by atoms with E-state index in [1.165, 1.54) is 32.7 Å². The van der Waals surface area contributed by atoms with Crippen molar-refractivity contribution in [3.8, 4) is 22.5 Å². The minimum absolute atomic E-state index is 0.998. The Bertz CT molecular complexity index is 1200. The van der Waals surface area contributed by atoms with Gasteiger partial charge in [0.1, 0.15) is 0 Å². The third-order valence-electron chi connectivity index (χ3n) is 4.99. The Morgan fingerprint density at radius 2 is 0.792 bits per heavy atom. The van der Waals surface area contributed by atoms with Crippen LogP contribution in [-0.2, 0) is 0 Å². The van der Waals surface area contributed by atoms with Gasteiger partial charge in [0.05, 0.1) is 22.4 Å². The maximum Gasteiger partial charge on any atom is 0.0980 e. The molecule has 110 valence electrons. The van der Waals surface area contributed by atoms with Crippen LogP contribution in [0, 0.1) is 0 Å². The molecule has 1 aliphatic carbocycles. The van der Waals surface area contributed by atoms with E-state index in [0.29, 0.717) is 0 Å². The van der Waals surface area contributed by atoms with E-state index in [2.05, 4.69) is 72.8 Å². The van der Waals surface area contributed by atoms with E-state index in [1.54, 1.807) is 0 Å². The molecule has 0 N–H and O–H groups in total. The van der Waals surface area contributed by atoms with Crippen LogP contribution < -0.4 is 0 Å². The van der Waals surface area contributed by atoms with Gasteiger partial charge in [-0.2, -0.15) is 0 Å². The average molecular weight is 304 g/mol. The Hall–Kier alpha value is -3.26. The number of aromatic nitrogens is 2. The van der Waals surface area contributed by atoms with Crippen LogP contribution in [0.4, 0.5) is 0 Å². The molecule has 2 heteroatoms. The van der Waals surface area contributed by atoms with Gasteiger partial charge < -0.3 is 0 Å². The fourth-order valence-electron chi connectivity index (χ4n) is 3.87. The van der Waals surface area contributed by atoms with E-state index in [1.807, 2.05) is 0 Å². The molecule has 0 aliphatic heterocycles. The lowest BCUT2D eigenvalue weighted by Crippen LogP contribution is -2.05. The first-order valence-electron chi connectivity index (χ1n) is 8.13. The normalized spacial score (nSPS) is 12.2. The van der Waals surface area contributed by atoms with Gasteiger partial charge in [0.15, 0.2) is 0 Å². The molecule has 0 spiro atoms. The lowest BCUT2D eigenvalue weighted by molar-refractivity contribution is 1.26. The molecular weight excluding hydrogens is 292 g/mol. The van der Waals surface area contributed by atoms with Crippen molar-refractivity contribution < 1.29 is 0 Å². The van der Waals surface area contributed by atoms with Crippen LogP contribution in [0.25, 0.3) is 55.1 Å². The molecule has 1 aromatic heterocycles. The highest BCUT2D eigenvalue weighted by atomic mass is 14.9. The summed E-state index contributed by atoms with van der Waals surface area (Å²) in [5.41, 5.74) is 6.46. The summed E-state index contributed by atoms with van der Waals surface area (Å²) >= 11 is 0. The second-order valence-electron chi connectivity index (χ2n) is 6.25. The highest BCUT2D eigenvalue weighted by Gasteiger charge is 2.26. The molecule has 0 unspecified atom stereocenters. The molecule has 6 rings (SSSR count). The molecule has 0 radical (unpaired) electrons. The van der Waals surface area contributed by atoms with Crippen molar-refractivity contribution in [2.24, 2.45) is 0 Å². The van der Waals surface area contributed by atoms with Crippen molar-refractivity contribution >= 4 is 32.6 Å². The van der Waals surface area contributed by atoms with Gasteiger partial charge in [0.2, 0.25) is 0 Å². The molecule has 0 bridgehead atoms. The smallest absolute Gasteiger partial charge is 0.0980 e. The molecule has 4 aromatic carbocycles. The maximum absolute atomic E-state index is 5.02. The Labute approximate surface area is 138 Å². The predicted molar refractivity (Wildman–Crippen MR) is 99.0 cm³/mol. The van der Waals surface area contributed by atoms with E-state index in [4.69, 9.17) is 9.97 Å². The second kappa shape index (κ2) is 4.18. The van der Waals surface area contributed by atoms with E-state index in [0.717, 1.165) is 22.4 Å². The van der Waals surface area contributed by atoms with Gasteiger partial charge in [-0.15, -0.1) is 0 Å². The standard InChI is InChI=1S/C22H12N2/c1-3-9-15-13(7-1)14-8-2-4-10-16(14)20-19(15)23-21-17-11-5-6-12-18(17)22(21)24-20/h1-12H. The molecule has 0 saturated carbocycles. The lowest BCUT2D eigenvalue weighted by atomic mass is 9.88. The number of rotatable bonds is 0. The van der Waals surface area contributed by atoms with Crippen LogP contribution in [0.5, 0.6) is 0 Å². The zero-order valence-corrected chi connectivity index (χ0v) is 12.8. The first-order chi connectivity index (χ1) is 11.9. The third-order valence-corrected chi connectivity index (χ3v) is 4.99. The Balaban J connectivity index is 1.88. The maximum atomic E-state index is 5.02. The fourth-order valence-corrected chi connectivity index (χ4v) is 3.87. The van der Waals surface area contributed by atoms with Crippen molar-refractivity contribution in [3.63, 3.8) is 0 Å². The summed E-state index contributed by atoms with van der Waals surface area (Å²) in [6, 6.07) is 25.3. The van der Waals surface area contributed by atoms with Crippen LogP contribution in [0.15, 0.2) is 72.8 Å². The molecule has 0 amide bonds. The van der Waals surface area contributed by atoms with Crippen molar-refractivity contribution in [3.05, 3.63) is 72.8 Å². The highest BCUT2D eigenvalue weighted by molar-refractivity contribution is 6.24. The van der Waals surface area contributed by atoms with Crippen molar-refractivity contribution in [2.75, 3.05) is 0 Å². The Morgan fingerprint density at radius 3 is 1.25 bits per heavy atom. The zero-order chi connectivity index (χ0) is 15.7. The topological polar surface area (TPSA) is 25.8 Å².